The van der Waals surface area contributed by atoms with Crippen LogP contribution in [-0.2, 0) is 11.3 Å². The first-order valence-electron chi connectivity index (χ1n) is 7.32. The third kappa shape index (κ3) is 4.51. The minimum absolute atomic E-state index is 0.591. The van der Waals surface area contributed by atoms with Gasteiger partial charge in [0.05, 0.1) is 25.0 Å². The van der Waals surface area contributed by atoms with Crippen LogP contribution in [0, 0.1) is 0 Å². The van der Waals surface area contributed by atoms with Crippen LogP contribution < -0.4 is 5.32 Å². The van der Waals surface area contributed by atoms with E-state index in [-0.39, 0.29) is 0 Å². The molecule has 1 saturated heterocycles. The van der Waals surface area contributed by atoms with E-state index in [1.807, 2.05) is 10.9 Å². The van der Waals surface area contributed by atoms with Crippen molar-refractivity contribution in [3.63, 3.8) is 0 Å². The summed E-state index contributed by atoms with van der Waals surface area (Å²) in [4.78, 5) is 2.56. The van der Waals surface area contributed by atoms with E-state index in [0.29, 0.717) is 12.6 Å². The van der Waals surface area contributed by atoms with Crippen molar-refractivity contribution in [1.29, 1.82) is 0 Å². The van der Waals surface area contributed by atoms with Gasteiger partial charge in [0.2, 0.25) is 0 Å². The second-order valence-electron chi connectivity index (χ2n) is 5.25. The van der Waals surface area contributed by atoms with E-state index >= 15 is 0 Å². The zero-order valence-corrected chi connectivity index (χ0v) is 12.1. The fourth-order valence-electron chi connectivity index (χ4n) is 2.60. The summed E-state index contributed by atoms with van der Waals surface area (Å²) in [6.45, 7) is 7.43. The predicted molar refractivity (Wildman–Crippen MR) is 77.5 cm³/mol. The smallest absolute Gasteiger partial charge is 0.0728 e. The van der Waals surface area contributed by atoms with Gasteiger partial charge in [-0.3, -0.25) is 4.68 Å². The molecule has 5 nitrogen and oxygen atoms in total. The fraction of sp³-hybridized carbons (Fsp3) is 0.786. The quantitative estimate of drug-likeness (QED) is 0.817. The van der Waals surface area contributed by atoms with E-state index in [1.165, 1.54) is 38.9 Å². The van der Waals surface area contributed by atoms with Gasteiger partial charge in [0.15, 0.2) is 0 Å². The molecule has 0 atom stereocenters. The van der Waals surface area contributed by atoms with Gasteiger partial charge >= 0.3 is 0 Å². The number of rotatable bonds is 7. The lowest BCUT2D eigenvalue weighted by Crippen LogP contribution is -2.39. The molecule has 0 aliphatic carbocycles. The SMILES string of the molecule is CCCN1CCC(Nc2cnn(CCOC)c2)CC1. The number of hydrogen-bond acceptors (Lipinski definition) is 4. The van der Waals surface area contributed by atoms with Crippen LogP contribution in [0.3, 0.4) is 0 Å². The lowest BCUT2D eigenvalue weighted by Gasteiger charge is -2.32. The summed E-state index contributed by atoms with van der Waals surface area (Å²) in [5.74, 6) is 0. The molecule has 0 unspecified atom stereocenters. The summed E-state index contributed by atoms with van der Waals surface area (Å²) >= 11 is 0. The van der Waals surface area contributed by atoms with E-state index < -0.39 is 0 Å². The van der Waals surface area contributed by atoms with Crippen molar-refractivity contribution in [2.45, 2.75) is 38.8 Å². The number of methoxy groups -OCH3 is 1. The molecule has 1 aromatic heterocycles. The molecule has 0 aromatic carbocycles. The molecule has 0 bridgehead atoms. The maximum atomic E-state index is 5.05. The Morgan fingerprint density at radius 3 is 2.84 bits per heavy atom. The molecule has 1 aromatic rings. The Bertz CT molecular complexity index is 358. The Morgan fingerprint density at radius 1 is 1.37 bits per heavy atom. The van der Waals surface area contributed by atoms with Crippen LogP contribution in [0.4, 0.5) is 5.69 Å². The first kappa shape index (κ1) is 14.3. The zero-order valence-electron chi connectivity index (χ0n) is 12.1. The van der Waals surface area contributed by atoms with Crippen molar-refractivity contribution >= 4 is 5.69 Å². The number of hydrogen-bond donors (Lipinski definition) is 1. The molecule has 2 heterocycles. The highest BCUT2D eigenvalue weighted by Crippen LogP contribution is 2.16. The molecule has 5 heteroatoms. The third-order valence-corrected chi connectivity index (χ3v) is 3.66. The van der Waals surface area contributed by atoms with E-state index in [1.54, 1.807) is 7.11 Å². The van der Waals surface area contributed by atoms with Crippen LogP contribution in [-0.4, -0.2) is 54.1 Å². The molecular weight excluding hydrogens is 240 g/mol. The molecule has 0 saturated carbocycles. The van der Waals surface area contributed by atoms with Crippen molar-refractivity contribution in [2.24, 2.45) is 0 Å². The molecule has 0 radical (unpaired) electrons. The summed E-state index contributed by atoms with van der Waals surface area (Å²) in [5.41, 5.74) is 1.13. The Kier molecular flexibility index (Phi) is 5.66. The Hall–Kier alpha value is -1.07. The van der Waals surface area contributed by atoms with Gasteiger partial charge < -0.3 is 15.0 Å². The van der Waals surface area contributed by atoms with Gasteiger partial charge in [-0.1, -0.05) is 6.92 Å². The van der Waals surface area contributed by atoms with Crippen molar-refractivity contribution in [3.05, 3.63) is 12.4 Å². The van der Waals surface area contributed by atoms with Crippen molar-refractivity contribution < 1.29 is 4.74 Å². The Morgan fingerprint density at radius 2 is 2.16 bits per heavy atom. The Balaban J connectivity index is 1.74. The van der Waals surface area contributed by atoms with Gasteiger partial charge in [-0.2, -0.15) is 5.10 Å². The van der Waals surface area contributed by atoms with Gasteiger partial charge in [-0.15, -0.1) is 0 Å². The van der Waals surface area contributed by atoms with Gasteiger partial charge in [-0.05, 0) is 25.8 Å². The molecule has 19 heavy (non-hydrogen) atoms. The minimum atomic E-state index is 0.591. The second kappa shape index (κ2) is 7.50. The molecule has 1 aliphatic heterocycles. The standard InChI is InChI=1S/C14H26N4O/c1-3-6-17-7-4-13(5-8-17)16-14-11-15-18(12-14)9-10-19-2/h11-13,16H,3-10H2,1-2H3. The monoisotopic (exact) mass is 266 g/mol. The van der Waals surface area contributed by atoms with Crippen LogP contribution in [0.5, 0.6) is 0 Å². The number of anilines is 1. The number of piperidine rings is 1. The summed E-state index contributed by atoms with van der Waals surface area (Å²) < 4.78 is 6.98. The third-order valence-electron chi connectivity index (χ3n) is 3.66. The highest BCUT2D eigenvalue weighted by atomic mass is 16.5. The van der Waals surface area contributed by atoms with Crippen molar-refractivity contribution in [2.75, 3.05) is 38.7 Å². The minimum Gasteiger partial charge on any atom is -0.383 e. The summed E-state index contributed by atoms with van der Waals surface area (Å²) in [6.07, 6.45) is 7.68. The van der Waals surface area contributed by atoms with Gasteiger partial charge in [0.25, 0.3) is 0 Å². The lowest BCUT2D eigenvalue weighted by atomic mass is 10.0. The van der Waals surface area contributed by atoms with E-state index in [0.717, 1.165) is 12.2 Å². The highest BCUT2D eigenvalue weighted by Gasteiger charge is 2.18. The molecule has 108 valence electrons. The van der Waals surface area contributed by atoms with Crippen molar-refractivity contribution in [3.8, 4) is 0 Å². The first-order chi connectivity index (χ1) is 9.31. The fourth-order valence-corrected chi connectivity index (χ4v) is 2.60. The average Bonchev–Trinajstić information content (AvgIpc) is 2.87. The summed E-state index contributed by atoms with van der Waals surface area (Å²) in [6, 6.07) is 0.591. The average molecular weight is 266 g/mol. The van der Waals surface area contributed by atoms with Gasteiger partial charge in [0.1, 0.15) is 0 Å². The number of nitrogens with one attached hydrogen (secondary N) is 1. The van der Waals surface area contributed by atoms with Crippen LogP contribution >= 0.6 is 0 Å². The van der Waals surface area contributed by atoms with Crippen LogP contribution in [0.2, 0.25) is 0 Å². The predicted octanol–water partition coefficient (Wildman–Crippen LogP) is 1.82. The summed E-state index contributed by atoms with van der Waals surface area (Å²) in [5, 5.41) is 7.92. The Labute approximate surface area is 115 Å². The molecule has 1 fully saturated rings. The second-order valence-corrected chi connectivity index (χ2v) is 5.25. The maximum absolute atomic E-state index is 5.05. The number of aromatic nitrogens is 2. The molecule has 1 aliphatic rings. The molecule has 0 spiro atoms. The lowest BCUT2D eigenvalue weighted by molar-refractivity contribution is 0.183. The van der Waals surface area contributed by atoms with Gasteiger partial charge in [0, 0.05) is 32.4 Å². The van der Waals surface area contributed by atoms with E-state index in [2.05, 4.69) is 28.4 Å². The van der Waals surface area contributed by atoms with Crippen LogP contribution in [0.1, 0.15) is 26.2 Å². The normalized spacial score (nSPS) is 17.8. The van der Waals surface area contributed by atoms with Crippen LogP contribution in [0.15, 0.2) is 12.4 Å². The maximum Gasteiger partial charge on any atom is 0.0728 e. The number of ether oxygens (including phenoxy) is 1. The molecule has 0 amide bonds. The van der Waals surface area contributed by atoms with Crippen LogP contribution in [0.25, 0.3) is 0 Å². The highest BCUT2D eigenvalue weighted by molar-refractivity contribution is 5.39. The molecule has 2 rings (SSSR count). The van der Waals surface area contributed by atoms with Gasteiger partial charge in [-0.25, -0.2) is 0 Å². The molecule has 1 N–H and O–H groups in total. The largest absolute Gasteiger partial charge is 0.383 e. The summed E-state index contributed by atoms with van der Waals surface area (Å²) in [7, 11) is 1.72. The van der Waals surface area contributed by atoms with E-state index in [4.69, 9.17) is 4.74 Å². The zero-order chi connectivity index (χ0) is 13.5. The topological polar surface area (TPSA) is 42.3 Å². The number of nitrogens with zero attached hydrogens (tertiary/aromatic N) is 3. The molecular formula is C14H26N4O. The van der Waals surface area contributed by atoms with Crippen molar-refractivity contribution in [1.82, 2.24) is 14.7 Å². The van der Waals surface area contributed by atoms with E-state index in [9.17, 15) is 0 Å². The number of likely N-dealkylation sites (tertiary alicyclic amines) is 1. The first-order valence-corrected chi connectivity index (χ1v) is 7.32.